The summed E-state index contributed by atoms with van der Waals surface area (Å²) in [5.74, 6) is 0.863. The van der Waals surface area contributed by atoms with Crippen LogP contribution in [0.4, 0.5) is 0 Å². The van der Waals surface area contributed by atoms with Gasteiger partial charge in [-0.2, -0.15) is 5.10 Å². The molecular weight excluding hydrogens is 396 g/mol. The first-order chi connectivity index (χ1) is 11.6. The second-order valence-electron chi connectivity index (χ2n) is 4.63. The zero-order valence-corrected chi connectivity index (χ0v) is 15.3. The molecule has 0 saturated heterocycles. The van der Waals surface area contributed by atoms with Crippen LogP contribution >= 0.6 is 27.5 Å². The zero-order valence-electron chi connectivity index (χ0n) is 13.0. The van der Waals surface area contributed by atoms with Gasteiger partial charge in [0.2, 0.25) is 0 Å². The van der Waals surface area contributed by atoms with E-state index in [1.54, 1.807) is 18.2 Å². The van der Waals surface area contributed by atoms with Crippen molar-refractivity contribution < 1.29 is 14.3 Å². The van der Waals surface area contributed by atoms with E-state index in [9.17, 15) is 4.79 Å². The summed E-state index contributed by atoms with van der Waals surface area (Å²) in [7, 11) is 0. The van der Waals surface area contributed by atoms with E-state index in [1.165, 1.54) is 6.21 Å². The van der Waals surface area contributed by atoms with Gasteiger partial charge < -0.3 is 9.47 Å². The molecule has 0 heterocycles. The first-order valence-electron chi connectivity index (χ1n) is 7.21. The molecule has 0 radical (unpaired) electrons. The van der Waals surface area contributed by atoms with Gasteiger partial charge in [0.25, 0.3) is 5.91 Å². The van der Waals surface area contributed by atoms with E-state index in [-0.39, 0.29) is 12.5 Å². The van der Waals surface area contributed by atoms with Crippen molar-refractivity contribution in [2.45, 2.75) is 6.92 Å². The zero-order chi connectivity index (χ0) is 17.4. The molecule has 0 fully saturated rings. The Labute approximate surface area is 153 Å². The number of ether oxygens (including phenoxy) is 2. The van der Waals surface area contributed by atoms with Gasteiger partial charge >= 0.3 is 0 Å². The maximum absolute atomic E-state index is 11.8. The highest BCUT2D eigenvalue weighted by Crippen LogP contribution is 2.27. The van der Waals surface area contributed by atoms with Crippen molar-refractivity contribution in [1.29, 1.82) is 0 Å². The number of carbonyl (C=O) groups is 1. The fourth-order valence-corrected chi connectivity index (χ4v) is 2.61. The predicted molar refractivity (Wildman–Crippen MR) is 98.0 cm³/mol. The summed E-state index contributed by atoms with van der Waals surface area (Å²) in [5.41, 5.74) is 3.19. The highest BCUT2D eigenvalue weighted by molar-refractivity contribution is 9.10. The third-order valence-electron chi connectivity index (χ3n) is 2.86. The molecule has 0 unspecified atom stereocenters. The fraction of sp³-hybridized carbons (Fsp3) is 0.176. The molecule has 0 aliphatic rings. The minimum absolute atomic E-state index is 0.162. The Balaban J connectivity index is 1.87. The summed E-state index contributed by atoms with van der Waals surface area (Å²) in [4.78, 5) is 11.8. The number of halogens is 2. The van der Waals surface area contributed by atoms with Crippen LogP contribution in [-0.2, 0) is 4.79 Å². The number of para-hydroxylation sites is 1. The summed E-state index contributed by atoms with van der Waals surface area (Å²) < 4.78 is 11.6. The van der Waals surface area contributed by atoms with Gasteiger partial charge in [0, 0.05) is 10.6 Å². The van der Waals surface area contributed by atoms with Crippen molar-refractivity contribution in [1.82, 2.24) is 5.43 Å². The van der Waals surface area contributed by atoms with Gasteiger partial charge in [-0.05, 0) is 53.2 Å². The molecule has 0 bridgehead atoms. The Morgan fingerprint density at radius 3 is 2.79 bits per heavy atom. The van der Waals surface area contributed by atoms with Crippen molar-refractivity contribution >= 4 is 39.7 Å². The highest BCUT2D eigenvalue weighted by atomic mass is 79.9. The van der Waals surface area contributed by atoms with Gasteiger partial charge in [0.1, 0.15) is 11.5 Å². The van der Waals surface area contributed by atoms with Crippen LogP contribution in [0.15, 0.2) is 52.0 Å². The van der Waals surface area contributed by atoms with Crippen LogP contribution in [0.1, 0.15) is 12.5 Å². The first-order valence-corrected chi connectivity index (χ1v) is 8.39. The topological polar surface area (TPSA) is 59.9 Å². The van der Waals surface area contributed by atoms with Crippen molar-refractivity contribution in [3.63, 3.8) is 0 Å². The van der Waals surface area contributed by atoms with E-state index in [0.29, 0.717) is 27.6 Å². The van der Waals surface area contributed by atoms with Crippen molar-refractivity contribution in [2.24, 2.45) is 5.10 Å². The summed E-state index contributed by atoms with van der Waals surface area (Å²) in [6.07, 6.45) is 1.53. The van der Waals surface area contributed by atoms with Crippen LogP contribution in [0.2, 0.25) is 5.02 Å². The summed E-state index contributed by atoms with van der Waals surface area (Å²) in [6.45, 7) is 2.30. The summed E-state index contributed by atoms with van der Waals surface area (Å²) in [5, 5.41) is 4.50. The molecule has 2 aromatic carbocycles. The molecule has 0 aliphatic heterocycles. The molecule has 0 atom stereocenters. The Morgan fingerprint density at radius 2 is 2.04 bits per heavy atom. The highest BCUT2D eigenvalue weighted by Gasteiger charge is 2.06. The molecule has 126 valence electrons. The minimum atomic E-state index is -0.373. The van der Waals surface area contributed by atoms with Crippen LogP contribution in [-0.4, -0.2) is 25.3 Å². The molecule has 2 aromatic rings. The lowest BCUT2D eigenvalue weighted by Gasteiger charge is -2.07. The fourth-order valence-electron chi connectivity index (χ4n) is 1.82. The molecule has 5 nitrogen and oxygen atoms in total. The molecule has 0 aliphatic carbocycles. The van der Waals surface area contributed by atoms with E-state index in [2.05, 4.69) is 26.5 Å². The minimum Gasteiger partial charge on any atom is -0.493 e. The van der Waals surface area contributed by atoms with Gasteiger partial charge in [-0.15, -0.1) is 0 Å². The molecule has 1 amide bonds. The quantitative estimate of drug-likeness (QED) is 0.553. The Hall–Kier alpha value is -2.05. The number of rotatable bonds is 7. The maximum Gasteiger partial charge on any atom is 0.277 e. The monoisotopic (exact) mass is 410 g/mol. The molecule has 0 spiro atoms. The van der Waals surface area contributed by atoms with Crippen LogP contribution < -0.4 is 14.9 Å². The number of hydrogen-bond donors (Lipinski definition) is 1. The summed E-state index contributed by atoms with van der Waals surface area (Å²) in [6, 6.07) is 12.5. The second-order valence-corrected chi connectivity index (χ2v) is 5.92. The van der Waals surface area contributed by atoms with Gasteiger partial charge in [-0.3, -0.25) is 4.79 Å². The van der Waals surface area contributed by atoms with Crippen molar-refractivity contribution in [3.05, 3.63) is 57.5 Å². The molecule has 2 rings (SSSR count). The number of amides is 1. The Morgan fingerprint density at radius 1 is 1.25 bits per heavy atom. The number of hydrazone groups is 1. The molecular formula is C17H16BrClN2O3. The summed E-state index contributed by atoms with van der Waals surface area (Å²) >= 11 is 9.17. The SMILES string of the molecule is CCOc1ccccc1/C=N/NC(=O)COc1ccc(Cl)cc1Br. The largest absolute Gasteiger partial charge is 0.493 e. The van der Waals surface area contributed by atoms with Crippen molar-refractivity contribution in [2.75, 3.05) is 13.2 Å². The third kappa shape index (κ3) is 5.54. The van der Waals surface area contributed by atoms with Gasteiger partial charge in [-0.1, -0.05) is 23.7 Å². The van der Waals surface area contributed by atoms with Gasteiger partial charge in [-0.25, -0.2) is 5.43 Å². The number of hydrogen-bond acceptors (Lipinski definition) is 4. The Kier molecular flexibility index (Phi) is 7.08. The lowest BCUT2D eigenvalue weighted by atomic mass is 10.2. The molecule has 0 aromatic heterocycles. The maximum atomic E-state index is 11.8. The van der Waals surface area contributed by atoms with Crippen LogP contribution in [0.3, 0.4) is 0 Å². The molecule has 7 heteroatoms. The number of benzene rings is 2. The number of carbonyl (C=O) groups excluding carboxylic acids is 1. The van der Waals surface area contributed by atoms with E-state index in [0.717, 1.165) is 5.56 Å². The van der Waals surface area contributed by atoms with Crippen LogP contribution in [0, 0.1) is 0 Å². The van der Waals surface area contributed by atoms with E-state index < -0.39 is 0 Å². The molecule has 1 N–H and O–H groups in total. The third-order valence-corrected chi connectivity index (χ3v) is 3.72. The predicted octanol–water partition coefficient (Wildman–Crippen LogP) is 4.03. The Bertz CT molecular complexity index is 738. The van der Waals surface area contributed by atoms with Crippen molar-refractivity contribution in [3.8, 4) is 11.5 Å². The van der Waals surface area contributed by atoms with E-state index >= 15 is 0 Å². The van der Waals surface area contributed by atoms with Crippen LogP contribution in [0.5, 0.6) is 11.5 Å². The normalized spacial score (nSPS) is 10.6. The molecule has 24 heavy (non-hydrogen) atoms. The number of nitrogens with one attached hydrogen (secondary N) is 1. The van der Waals surface area contributed by atoms with Gasteiger partial charge in [0.15, 0.2) is 6.61 Å². The molecule has 0 saturated carbocycles. The van der Waals surface area contributed by atoms with E-state index in [4.69, 9.17) is 21.1 Å². The van der Waals surface area contributed by atoms with Gasteiger partial charge in [0.05, 0.1) is 17.3 Å². The number of nitrogens with zero attached hydrogens (tertiary/aromatic N) is 1. The lowest BCUT2D eigenvalue weighted by Crippen LogP contribution is -2.24. The standard InChI is InChI=1S/C17H16BrClN2O3/c1-2-23-15-6-4-3-5-12(15)10-20-21-17(22)11-24-16-8-7-13(19)9-14(16)18/h3-10H,2,11H2,1H3,(H,21,22)/b20-10+. The lowest BCUT2D eigenvalue weighted by molar-refractivity contribution is -0.123. The van der Waals surface area contributed by atoms with E-state index in [1.807, 2.05) is 31.2 Å². The van der Waals surface area contributed by atoms with Crippen LogP contribution in [0.25, 0.3) is 0 Å². The second kappa shape index (κ2) is 9.30. The average Bonchev–Trinajstić information content (AvgIpc) is 2.56. The average molecular weight is 412 g/mol. The smallest absolute Gasteiger partial charge is 0.277 e. The first kappa shape index (κ1) is 18.3.